The summed E-state index contributed by atoms with van der Waals surface area (Å²) in [6, 6.07) is 0. The van der Waals surface area contributed by atoms with Crippen molar-refractivity contribution >= 4 is 0 Å². The molecule has 1 saturated heterocycles. The van der Waals surface area contributed by atoms with Crippen LogP contribution in [0.25, 0.3) is 0 Å². The normalized spacial score (nSPS) is 40.8. The van der Waals surface area contributed by atoms with E-state index in [9.17, 15) is 0 Å². The van der Waals surface area contributed by atoms with Crippen LogP contribution < -0.4 is 0 Å². The molecule has 0 aromatic heterocycles. The van der Waals surface area contributed by atoms with Gasteiger partial charge in [-0.25, -0.2) is 0 Å². The third-order valence-electron chi connectivity index (χ3n) is 2.89. The second-order valence-electron chi connectivity index (χ2n) is 3.60. The Labute approximate surface area is 62.8 Å². The van der Waals surface area contributed by atoms with E-state index in [1.54, 1.807) is 0 Å². The Morgan fingerprint density at radius 1 is 0.900 bits per heavy atom. The van der Waals surface area contributed by atoms with Gasteiger partial charge in [0.05, 0.1) is 6.10 Å². The largest absolute Gasteiger partial charge is 0.378 e. The first-order valence-corrected chi connectivity index (χ1v) is 4.58. The summed E-state index contributed by atoms with van der Waals surface area (Å²) in [5.74, 6) is 0.933. The van der Waals surface area contributed by atoms with Gasteiger partial charge in [-0.05, 0) is 31.6 Å². The van der Waals surface area contributed by atoms with E-state index in [-0.39, 0.29) is 0 Å². The molecule has 0 aromatic carbocycles. The lowest BCUT2D eigenvalue weighted by Gasteiger charge is -2.35. The van der Waals surface area contributed by atoms with Crippen LogP contribution in [0, 0.1) is 5.92 Å². The van der Waals surface area contributed by atoms with Gasteiger partial charge in [0.25, 0.3) is 0 Å². The van der Waals surface area contributed by atoms with E-state index >= 15 is 0 Å². The Kier molecular flexibility index (Phi) is 1.94. The number of hydrogen-bond acceptors (Lipinski definition) is 1. The summed E-state index contributed by atoms with van der Waals surface area (Å²) in [4.78, 5) is 0. The highest BCUT2D eigenvalue weighted by Crippen LogP contribution is 2.32. The Morgan fingerprint density at radius 2 is 1.70 bits per heavy atom. The van der Waals surface area contributed by atoms with Crippen LogP contribution in [0.4, 0.5) is 0 Å². The van der Waals surface area contributed by atoms with E-state index in [0.29, 0.717) is 6.10 Å². The van der Waals surface area contributed by atoms with Crippen LogP contribution in [0.3, 0.4) is 0 Å². The zero-order valence-electron chi connectivity index (χ0n) is 6.51. The SMILES string of the molecule is C1CC[C@@H]2CCCOC2C1. The Balaban J connectivity index is 1.93. The molecule has 1 aliphatic heterocycles. The first-order chi connectivity index (χ1) is 4.97. The molecule has 0 bridgehead atoms. The lowest BCUT2D eigenvalue weighted by Crippen LogP contribution is -2.31. The minimum atomic E-state index is 0.655. The van der Waals surface area contributed by atoms with Gasteiger partial charge in [-0.2, -0.15) is 0 Å². The fourth-order valence-corrected chi connectivity index (χ4v) is 2.30. The van der Waals surface area contributed by atoms with Gasteiger partial charge in [-0.15, -0.1) is 0 Å². The van der Waals surface area contributed by atoms with Crippen molar-refractivity contribution in [2.24, 2.45) is 5.92 Å². The van der Waals surface area contributed by atoms with Crippen molar-refractivity contribution in [3.05, 3.63) is 0 Å². The van der Waals surface area contributed by atoms with Crippen molar-refractivity contribution in [3.8, 4) is 0 Å². The second kappa shape index (κ2) is 2.91. The molecule has 2 rings (SSSR count). The van der Waals surface area contributed by atoms with E-state index < -0.39 is 0 Å². The molecule has 2 atom stereocenters. The molecule has 0 spiro atoms. The molecule has 0 amide bonds. The smallest absolute Gasteiger partial charge is 0.0603 e. The topological polar surface area (TPSA) is 9.23 Å². The molecule has 1 heterocycles. The predicted molar refractivity (Wildman–Crippen MR) is 40.9 cm³/mol. The zero-order chi connectivity index (χ0) is 6.81. The van der Waals surface area contributed by atoms with Crippen LogP contribution in [0.15, 0.2) is 0 Å². The molecule has 58 valence electrons. The maximum Gasteiger partial charge on any atom is 0.0603 e. The summed E-state index contributed by atoms with van der Waals surface area (Å²) < 4.78 is 5.68. The van der Waals surface area contributed by atoms with E-state index in [2.05, 4.69) is 0 Å². The third-order valence-corrected chi connectivity index (χ3v) is 2.89. The van der Waals surface area contributed by atoms with E-state index in [1.807, 2.05) is 0 Å². The number of rotatable bonds is 0. The van der Waals surface area contributed by atoms with Gasteiger partial charge in [0.2, 0.25) is 0 Å². The molecule has 1 aliphatic carbocycles. The van der Waals surface area contributed by atoms with Crippen molar-refractivity contribution in [1.29, 1.82) is 0 Å². The summed E-state index contributed by atoms with van der Waals surface area (Å²) in [6.45, 7) is 1.03. The van der Waals surface area contributed by atoms with Crippen molar-refractivity contribution in [2.45, 2.75) is 44.6 Å². The zero-order valence-corrected chi connectivity index (χ0v) is 6.51. The quantitative estimate of drug-likeness (QED) is 0.502. The van der Waals surface area contributed by atoms with Gasteiger partial charge in [-0.3, -0.25) is 0 Å². The van der Waals surface area contributed by atoms with Crippen LogP contribution >= 0.6 is 0 Å². The molecule has 2 aliphatic rings. The summed E-state index contributed by atoms with van der Waals surface area (Å²) in [6.07, 6.45) is 9.02. The first-order valence-electron chi connectivity index (χ1n) is 4.58. The standard InChI is InChI=1S/C9H16O/c1-2-6-9-8(4-1)5-3-7-10-9/h8-9H,1-7H2/t8-,9?/m1/s1. The molecular weight excluding hydrogens is 124 g/mol. The maximum absolute atomic E-state index is 5.68. The highest BCUT2D eigenvalue weighted by molar-refractivity contribution is 4.78. The Morgan fingerprint density at radius 3 is 2.60 bits per heavy atom. The third kappa shape index (κ3) is 1.20. The number of fused-ring (bicyclic) bond motifs is 1. The van der Waals surface area contributed by atoms with Crippen molar-refractivity contribution in [3.63, 3.8) is 0 Å². The van der Waals surface area contributed by atoms with E-state index in [1.165, 1.54) is 38.5 Å². The van der Waals surface area contributed by atoms with Gasteiger partial charge in [0, 0.05) is 6.61 Å². The molecule has 1 heteroatoms. The van der Waals surface area contributed by atoms with Gasteiger partial charge < -0.3 is 4.74 Å². The van der Waals surface area contributed by atoms with Crippen LogP contribution in [-0.2, 0) is 4.74 Å². The average molecular weight is 140 g/mol. The van der Waals surface area contributed by atoms with Crippen LogP contribution in [-0.4, -0.2) is 12.7 Å². The Bertz CT molecular complexity index is 85.3. The van der Waals surface area contributed by atoms with Crippen molar-refractivity contribution in [2.75, 3.05) is 6.61 Å². The summed E-state index contributed by atoms with van der Waals surface area (Å²) >= 11 is 0. The lowest BCUT2D eigenvalue weighted by molar-refractivity contribution is -0.0467. The van der Waals surface area contributed by atoms with E-state index in [4.69, 9.17) is 4.74 Å². The highest BCUT2D eigenvalue weighted by atomic mass is 16.5. The fourth-order valence-electron chi connectivity index (χ4n) is 2.30. The minimum Gasteiger partial charge on any atom is -0.378 e. The van der Waals surface area contributed by atoms with E-state index in [0.717, 1.165) is 12.5 Å². The lowest BCUT2D eigenvalue weighted by atomic mass is 9.82. The molecule has 0 N–H and O–H groups in total. The molecule has 1 saturated carbocycles. The van der Waals surface area contributed by atoms with Crippen LogP contribution in [0.1, 0.15) is 38.5 Å². The summed E-state index contributed by atoms with van der Waals surface area (Å²) in [5, 5.41) is 0. The summed E-state index contributed by atoms with van der Waals surface area (Å²) in [5.41, 5.74) is 0. The van der Waals surface area contributed by atoms with Crippen LogP contribution in [0.2, 0.25) is 0 Å². The fraction of sp³-hybridized carbons (Fsp3) is 1.00. The average Bonchev–Trinajstić information content (AvgIpc) is 2.05. The Hall–Kier alpha value is -0.0400. The van der Waals surface area contributed by atoms with Gasteiger partial charge >= 0.3 is 0 Å². The molecule has 1 unspecified atom stereocenters. The minimum absolute atomic E-state index is 0.655. The number of ether oxygens (including phenoxy) is 1. The molecule has 0 aromatic rings. The van der Waals surface area contributed by atoms with Crippen LogP contribution in [0.5, 0.6) is 0 Å². The monoisotopic (exact) mass is 140 g/mol. The van der Waals surface area contributed by atoms with Gasteiger partial charge in [0.1, 0.15) is 0 Å². The predicted octanol–water partition coefficient (Wildman–Crippen LogP) is 2.36. The molecule has 0 radical (unpaired) electrons. The molecular formula is C9H16O. The second-order valence-corrected chi connectivity index (χ2v) is 3.60. The van der Waals surface area contributed by atoms with Crippen molar-refractivity contribution < 1.29 is 4.74 Å². The van der Waals surface area contributed by atoms with Gasteiger partial charge in [0.15, 0.2) is 0 Å². The summed E-state index contributed by atoms with van der Waals surface area (Å²) in [7, 11) is 0. The van der Waals surface area contributed by atoms with Crippen molar-refractivity contribution in [1.82, 2.24) is 0 Å². The van der Waals surface area contributed by atoms with Gasteiger partial charge in [-0.1, -0.05) is 12.8 Å². The highest BCUT2D eigenvalue weighted by Gasteiger charge is 2.27. The first kappa shape index (κ1) is 6.66. The molecule has 1 nitrogen and oxygen atoms in total. The molecule has 2 fully saturated rings. The maximum atomic E-state index is 5.68. The molecule has 10 heavy (non-hydrogen) atoms. The number of hydrogen-bond donors (Lipinski definition) is 0.